The molecule has 3 aromatic rings. The second-order valence-corrected chi connectivity index (χ2v) is 6.18. The molecule has 0 saturated carbocycles. The van der Waals surface area contributed by atoms with Crippen molar-refractivity contribution in [1.82, 2.24) is 15.3 Å². The number of nitrogens with one attached hydrogen (secondary N) is 3. The molecule has 0 aliphatic heterocycles. The summed E-state index contributed by atoms with van der Waals surface area (Å²) in [5.74, 6) is -0.927. The summed E-state index contributed by atoms with van der Waals surface area (Å²) in [6.07, 6.45) is 4.72. The molecule has 29 heavy (non-hydrogen) atoms. The predicted molar refractivity (Wildman–Crippen MR) is 108 cm³/mol. The Hall–Kier alpha value is -4.07. The third-order valence-corrected chi connectivity index (χ3v) is 3.92. The van der Waals surface area contributed by atoms with Gasteiger partial charge in [0, 0.05) is 49.0 Å². The Morgan fingerprint density at radius 1 is 0.828 bits per heavy atom. The van der Waals surface area contributed by atoms with Gasteiger partial charge in [-0.15, -0.1) is 0 Å². The number of nitrogens with zero attached hydrogens (tertiary/aromatic N) is 2. The molecule has 3 amide bonds. The Balaban J connectivity index is 1.62. The highest BCUT2D eigenvalue weighted by molar-refractivity contribution is 6.04. The Kier molecular flexibility index (Phi) is 6.26. The third kappa shape index (κ3) is 5.70. The lowest BCUT2D eigenvalue weighted by Crippen LogP contribution is -2.23. The summed E-state index contributed by atoms with van der Waals surface area (Å²) in [5, 5.41) is 8.15. The largest absolute Gasteiger partial charge is 0.348 e. The molecular formula is C21H19N5O3. The Bertz CT molecular complexity index is 1020. The first-order chi connectivity index (χ1) is 14.0. The normalized spacial score (nSPS) is 10.1. The minimum atomic E-state index is -0.443. The molecule has 0 fully saturated rings. The van der Waals surface area contributed by atoms with Crippen LogP contribution in [0.15, 0.2) is 67.1 Å². The molecule has 2 aromatic heterocycles. The molecule has 0 unspecified atom stereocenters. The molecule has 146 valence electrons. The molecule has 0 bridgehead atoms. The van der Waals surface area contributed by atoms with Gasteiger partial charge in [-0.1, -0.05) is 0 Å². The monoisotopic (exact) mass is 389 g/mol. The van der Waals surface area contributed by atoms with E-state index in [-0.39, 0.29) is 17.5 Å². The fraction of sp³-hybridized carbons (Fsp3) is 0.0952. The van der Waals surface area contributed by atoms with Gasteiger partial charge in [0.05, 0.1) is 0 Å². The number of rotatable bonds is 6. The summed E-state index contributed by atoms with van der Waals surface area (Å²) in [7, 11) is 0. The lowest BCUT2D eigenvalue weighted by atomic mass is 10.2. The van der Waals surface area contributed by atoms with Crippen LogP contribution in [0.5, 0.6) is 0 Å². The summed E-state index contributed by atoms with van der Waals surface area (Å²) >= 11 is 0. The third-order valence-electron chi connectivity index (χ3n) is 3.92. The van der Waals surface area contributed by atoms with E-state index in [2.05, 4.69) is 25.9 Å². The molecule has 8 heteroatoms. The number of carbonyl (C=O) groups excluding carboxylic acids is 3. The fourth-order valence-electron chi connectivity index (χ4n) is 2.52. The summed E-state index contributed by atoms with van der Waals surface area (Å²) in [6, 6.07) is 13.3. The highest BCUT2D eigenvalue weighted by Gasteiger charge is 2.12. The predicted octanol–water partition coefficient (Wildman–Crippen LogP) is 2.62. The van der Waals surface area contributed by atoms with E-state index >= 15 is 0 Å². The number of amides is 3. The minimum absolute atomic E-state index is 0.118. The smallest absolute Gasteiger partial charge is 0.274 e. The van der Waals surface area contributed by atoms with Gasteiger partial charge in [-0.3, -0.25) is 24.4 Å². The maximum absolute atomic E-state index is 12.4. The highest BCUT2D eigenvalue weighted by atomic mass is 16.2. The first-order valence-corrected chi connectivity index (χ1v) is 8.83. The van der Waals surface area contributed by atoms with Crippen LogP contribution in [-0.2, 0) is 11.3 Å². The van der Waals surface area contributed by atoms with Crippen LogP contribution < -0.4 is 16.0 Å². The van der Waals surface area contributed by atoms with E-state index < -0.39 is 5.91 Å². The van der Waals surface area contributed by atoms with Crippen LogP contribution in [0.25, 0.3) is 0 Å². The van der Waals surface area contributed by atoms with Crippen LogP contribution in [0.4, 0.5) is 11.4 Å². The van der Waals surface area contributed by atoms with Crippen molar-refractivity contribution in [2.75, 3.05) is 10.6 Å². The van der Waals surface area contributed by atoms with Crippen molar-refractivity contribution in [3.8, 4) is 0 Å². The summed E-state index contributed by atoms with van der Waals surface area (Å²) in [5.41, 5.74) is 2.54. The number of hydrogen-bond acceptors (Lipinski definition) is 5. The minimum Gasteiger partial charge on any atom is -0.348 e. The van der Waals surface area contributed by atoms with Gasteiger partial charge in [0.1, 0.15) is 5.69 Å². The van der Waals surface area contributed by atoms with Crippen molar-refractivity contribution in [2.45, 2.75) is 13.5 Å². The second-order valence-electron chi connectivity index (χ2n) is 6.18. The standard InChI is InChI=1S/C21H19N5O3/c1-14(27)25-17-2-4-18(5-3-17)26-21(29)19-12-16(8-11-23-19)20(28)24-13-15-6-9-22-10-7-15/h2-12H,13H2,1H3,(H,24,28)(H,25,27)(H,26,29). The maximum atomic E-state index is 12.4. The van der Waals surface area contributed by atoms with Crippen LogP contribution >= 0.6 is 0 Å². The van der Waals surface area contributed by atoms with Gasteiger partial charge in [-0.25, -0.2) is 0 Å². The fourth-order valence-corrected chi connectivity index (χ4v) is 2.52. The van der Waals surface area contributed by atoms with Crippen molar-refractivity contribution >= 4 is 29.1 Å². The molecule has 0 aliphatic carbocycles. The number of carbonyl (C=O) groups is 3. The molecular weight excluding hydrogens is 370 g/mol. The van der Waals surface area contributed by atoms with Crippen molar-refractivity contribution in [3.63, 3.8) is 0 Å². The molecule has 1 aromatic carbocycles. The van der Waals surface area contributed by atoms with Crippen molar-refractivity contribution < 1.29 is 14.4 Å². The lowest BCUT2D eigenvalue weighted by Gasteiger charge is -2.08. The molecule has 0 aliphatic rings. The maximum Gasteiger partial charge on any atom is 0.274 e. The van der Waals surface area contributed by atoms with Gasteiger partial charge in [0.25, 0.3) is 11.8 Å². The zero-order valence-corrected chi connectivity index (χ0v) is 15.7. The van der Waals surface area contributed by atoms with Gasteiger partial charge >= 0.3 is 0 Å². The number of hydrogen-bond donors (Lipinski definition) is 3. The first-order valence-electron chi connectivity index (χ1n) is 8.83. The lowest BCUT2D eigenvalue weighted by molar-refractivity contribution is -0.114. The zero-order chi connectivity index (χ0) is 20.6. The molecule has 0 spiro atoms. The van der Waals surface area contributed by atoms with Gasteiger partial charge in [-0.05, 0) is 54.1 Å². The average molecular weight is 389 g/mol. The quantitative estimate of drug-likeness (QED) is 0.600. The van der Waals surface area contributed by atoms with E-state index in [0.717, 1.165) is 5.56 Å². The Labute approximate surface area is 167 Å². The van der Waals surface area contributed by atoms with Gasteiger partial charge < -0.3 is 16.0 Å². The molecule has 0 radical (unpaired) electrons. The van der Waals surface area contributed by atoms with Crippen molar-refractivity contribution in [1.29, 1.82) is 0 Å². The van der Waals surface area contributed by atoms with E-state index in [1.165, 1.54) is 19.2 Å². The SMILES string of the molecule is CC(=O)Nc1ccc(NC(=O)c2cc(C(=O)NCc3ccncc3)ccn2)cc1. The van der Waals surface area contributed by atoms with Crippen LogP contribution in [-0.4, -0.2) is 27.7 Å². The van der Waals surface area contributed by atoms with E-state index in [1.54, 1.807) is 42.7 Å². The number of benzene rings is 1. The van der Waals surface area contributed by atoms with E-state index in [1.807, 2.05) is 12.1 Å². The summed E-state index contributed by atoms with van der Waals surface area (Å²) < 4.78 is 0. The number of pyridine rings is 2. The second kappa shape index (κ2) is 9.23. The zero-order valence-electron chi connectivity index (χ0n) is 15.7. The highest BCUT2D eigenvalue weighted by Crippen LogP contribution is 2.14. The average Bonchev–Trinajstić information content (AvgIpc) is 2.74. The number of anilines is 2. The molecule has 2 heterocycles. The van der Waals surface area contributed by atoms with Gasteiger partial charge in [0.15, 0.2) is 0 Å². The van der Waals surface area contributed by atoms with Crippen molar-refractivity contribution in [2.24, 2.45) is 0 Å². The van der Waals surface area contributed by atoms with Gasteiger partial charge in [0.2, 0.25) is 5.91 Å². The number of aromatic nitrogens is 2. The molecule has 8 nitrogen and oxygen atoms in total. The molecule has 3 rings (SSSR count). The molecule has 0 saturated heterocycles. The molecule has 3 N–H and O–H groups in total. The summed E-state index contributed by atoms with van der Waals surface area (Å²) in [6.45, 7) is 1.77. The molecule has 0 atom stereocenters. The van der Waals surface area contributed by atoms with E-state index in [4.69, 9.17) is 0 Å². The van der Waals surface area contributed by atoms with Gasteiger partial charge in [-0.2, -0.15) is 0 Å². The van der Waals surface area contributed by atoms with Crippen LogP contribution in [0, 0.1) is 0 Å². The van der Waals surface area contributed by atoms with E-state index in [0.29, 0.717) is 23.5 Å². The Morgan fingerprint density at radius 3 is 2.14 bits per heavy atom. The van der Waals surface area contributed by atoms with Crippen LogP contribution in [0.1, 0.15) is 33.3 Å². The Morgan fingerprint density at radius 2 is 1.48 bits per heavy atom. The van der Waals surface area contributed by atoms with Crippen molar-refractivity contribution in [3.05, 3.63) is 83.9 Å². The summed E-state index contributed by atoms with van der Waals surface area (Å²) in [4.78, 5) is 43.8. The first kappa shape index (κ1) is 19.7. The topological polar surface area (TPSA) is 113 Å². The van der Waals surface area contributed by atoms with Crippen LogP contribution in [0.3, 0.4) is 0 Å². The van der Waals surface area contributed by atoms with E-state index in [9.17, 15) is 14.4 Å². The van der Waals surface area contributed by atoms with Crippen LogP contribution in [0.2, 0.25) is 0 Å².